The number of thiocarbonyl (C=S) groups is 1. The number of nitrogens with one attached hydrogen (secondary N) is 1. The maximum absolute atomic E-state index is 5.66. The number of hydrogen-bond acceptors (Lipinski definition) is 5. The van der Waals surface area contributed by atoms with Crippen LogP contribution in [0.4, 0.5) is 11.5 Å². The highest BCUT2D eigenvalue weighted by atomic mass is 32.2. The van der Waals surface area contributed by atoms with Crippen molar-refractivity contribution in [2.45, 2.75) is 4.90 Å². The lowest BCUT2D eigenvalue weighted by Gasteiger charge is -2.11. The monoisotopic (exact) mass is 276 g/mol. The first kappa shape index (κ1) is 12.8. The summed E-state index contributed by atoms with van der Waals surface area (Å²) in [5.74, 6) is 0.575. The second-order valence-corrected chi connectivity index (χ2v) is 4.77. The van der Waals surface area contributed by atoms with E-state index < -0.39 is 0 Å². The van der Waals surface area contributed by atoms with Crippen LogP contribution < -0.4 is 11.1 Å². The summed E-state index contributed by atoms with van der Waals surface area (Å²) in [6.45, 7) is 0. The summed E-state index contributed by atoms with van der Waals surface area (Å²) in [5, 5.41) is 11.1. The van der Waals surface area contributed by atoms with Crippen molar-refractivity contribution in [1.82, 2.24) is 10.2 Å². The molecule has 2 aromatic rings. The van der Waals surface area contributed by atoms with Crippen LogP contribution in [0, 0.1) is 0 Å². The first-order valence-corrected chi connectivity index (χ1v) is 6.87. The second-order valence-electron chi connectivity index (χ2n) is 3.48. The van der Waals surface area contributed by atoms with Gasteiger partial charge in [-0.25, -0.2) is 0 Å². The standard InChI is InChI=1S/C12H12N4S2/c1-18-10-5-3-2-4-9(10)15-12-8(11(13)17)6-7-14-16-12/h2-7H,1H3,(H2,13,17)(H,15,16). The molecule has 3 N–H and O–H groups in total. The molecule has 6 heteroatoms. The van der Waals surface area contributed by atoms with Gasteiger partial charge in [-0.15, -0.1) is 16.9 Å². The van der Waals surface area contributed by atoms with E-state index in [0.29, 0.717) is 16.4 Å². The largest absolute Gasteiger partial charge is 0.389 e. The number of nitrogens with two attached hydrogens (primary N) is 1. The Kier molecular flexibility index (Phi) is 4.11. The van der Waals surface area contributed by atoms with Gasteiger partial charge in [-0.3, -0.25) is 0 Å². The van der Waals surface area contributed by atoms with Crippen molar-refractivity contribution >= 4 is 40.5 Å². The summed E-state index contributed by atoms with van der Waals surface area (Å²) in [4.78, 5) is 1.42. The summed E-state index contributed by atoms with van der Waals surface area (Å²) in [7, 11) is 0. The zero-order valence-electron chi connectivity index (χ0n) is 9.75. The fourth-order valence-corrected chi connectivity index (χ4v) is 2.22. The lowest BCUT2D eigenvalue weighted by molar-refractivity contribution is 1.03. The third-order valence-electron chi connectivity index (χ3n) is 2.35. The molecule has 0 bridgehead atoms. The number of thioether (sulfide) groups is 1. The second kappa shape index (κ2) is 5.79. The number of para-hydroxylation sites is 1. The molecule has 0 spiro atoms. The fraction of sp³-hybridized carbons (Fsp3) is 0.0833. The Morgan fingerprint density at radius 1 is 1.33 bits per heavy atom. The highest BCUT2D eigenvalue weighted by molar-refractivity contribution is 7.98. The molecule has 0 aliphatic rings. The van der Waals surface area contributed by atoms with Crippen LogP contribution in [-0.4, -0.2) is 21.4 Å². The van der Waals surface area contributed by atoms with E-state index in [1.807, 2.05) is 30.5 Å². The molecule has 0 aliphatic heterocycles. The average Bonchev–Trinajstić information content (AvgIpc) is 2.40. The van der Waals surface area contributed by atoms with E-state index in [9.17, 15) is 0 Å². The number of nitrogens with zero attached hydrogens (tertiary/aromatic N) is 2. The van der Waals surface area contributed by atoms with Gasteiger partial charge in [0.15, 0.2) is 5.82 Å². The number of rotatable bonds is 4. The summed E-state index contributed by atoms with van der Waals surface area (Å²) >= 11 is 6.65. The molecule has 0 amide bonds. The van der Waals surface area contributed by atoms with Crippen molar-refractivity contribution in [2.75, 3.05) is 11.6 Å². The molecule has 2 rings (SSSR count). The Hall–Kier alpha value is -1.66. The normalized spacial score (nSPS) is 10.1. The molecule has 0 atom stereocenters. The van der Waals surface area contributed by atoms with Crippen LogP contribution in [0.1, 0.15) is 5.56 Å². The minimum atomic E-state index is 0.300. The van der Waals surface area contributed by atoms with E-state index in [1.54, 1.807) is 24.0 Å². The molecule has 1 aromatic carbocycles. The molecule has 4 nitrogen and oxygen atoms in total. The molecule has 92 valence electrons. The molecule has 0 aliphatic carbocycles. The Bertz CT molecular complexity index is 572. The van der Waals surface area contributed by atoms with Gasteiger partial charge in [0.1, 0.15) is 4.99 Å². The number of anilines is 2. The van der Waals surface area contributed by atoms with E-state index in [2.05, 4.69) is 15.5 Å². The van der Waals surface area contributed by atoms with Crippen molar-refractivity contribution in [1.29, 1.82) is 0 Å². The van der Waals surface area contributed by atoms with Gasteiger partial charge < -0.3 is 11.1 Å². The van der Waals surface area contributed by atoms with E-state index in [1.165, 1.54) is 0 Å². The van der Waals surface area contributed by atoms with Crippen LogP contribution in [0.25, 0.3) is 0 Å². The van der Waals surface area contributed by atoms with Gasteiger partial charge in [0.05, 0.1) is 17.4 Å². The molecule has 1 aromatic heterocycles. The smallest absolute Gasteiger partial charge is 0.163 e. The minimum Gasteiger partial charge on any atom is -0.389 e. The highest BCUT2D eigenvalue weighted by Gasteiger charge is 2.08. The molecule has 0 radical (unpaired) electrons. The molecule has 18 heavy (non-hydrogen) atoms. The molecule has 0 unspecified atom stereocenters. The zero-order chi connectivity index (χ0) is 13.0. The zero-order valence-corrected chi connectivity index (χ0v) is 11.4. The van der Waals surface area contributed by atoms with Gasteiger partial charge in [-0.05, 0) is 24.5 Å². The SMILES string of the molecule is CSc1ccccc1Nc1nnccc1C(N)=S. The number of aromatic nitrogens is 2. The van der Waals surface area contributed by atoms with Crippen molar-refractivity contribution in [3.8, 4) is 0 Å². The average molecular weight is 276 g/mol. The van der Waals surface area contributed by atoms with E-state index in [4.69, 9.17) is 18.0 Å². The van der Waals surface area contributed by atoms with Crippen LogP contribution in [-0.2, 0) is 0 Å². The first-order valence-electron chi connectivity index (χ1n) is 5.24. The van der Waals surface area contributed by atoms with E-state index in [-0.39, 0.29) is 0 Å². The van der Waals surface area contributed by atoms with Crippen LogP contribution in [0.2, 0.25) is 0 Å². The topological polar surface area (TPSA) is 63.8 Å². The Morgan fingerprint density at radius 3 is 2.83 bits per heavy atom. The number of hydrogen-bond donors (Lipinski definition) is 2. The molecule has 0 saturated carbocycles. The molecular weight excluding hydrogens is 264 g/mol. The van der Waals surface area contributed by atoms with Gasteiger partial charge in [0, 0.05) is 4.90 Å². The fourth-order valence-electron chi connectivity index (χ4n) is 1.50. The van der Waals surface area contributed by atoms with Crippen molar-refractivity contribution in [2.24, 2.45) is 5.73 Å². The predicted octanol–water partition coefficient (Wildman–Crippen LogP) is 2.58. The van der Waals surface area contributed by atoms with Gasteiger partial charge in [0.25, 0.3) is 0 Å². The van der Waals surface area contributed by atoms with E-state index in [0.717, 1.165) is 10.6 Å². The lowest BCUT2D eigenvalue weighted by Crippen LogP contribution is -2.13. The summed E-state index contributed by atoms with van der Waals surface area (Å²) in [6, 6.07) is 9.70. The highest BCUT2D eigenvalue weighted by Crippen LogP contribution is 2.27. The van der Waals surface area contributed by atoms with Crippen LogP contribution in [0.3, 0.4) is 0 Å². The van der Waals surface area contributed by atoms with Gasteiger partial charge in [0.2, 0.25) is 0 Å². The van der Waals surface area contributed by atoms with Crippen LogP contribution in [0.5, 0.6) is 0 Å². The Labute approximate surface area is 115 Å². The Balaban J connectivity index is 2.37. The van der Waals surface area contributed by atoms with Crippen LogP contribution >= 0.6 is 24.0 Å². The van der Waals surface area contributed by atoms with Crippen LogP contribution in [0.15, 0.2) is 41.4 Å². The maximum Gasteiger partial charge on any atom is 0.163 e. The summed E-state index contributed by atoms with van der Waals surface area (Å²) < 4.78 is 0. The number of benzene rings is 1. The minimum absolute atomic E-state index is 0.300. The quantitative estimate of drug-likeness (QED) is 0.661. The molecule has 0 fully saturated rings. The van der Waals surface area contributed by atoms with Gasteiger partial charge in [-0.1, -0.05) is 24.4 Å². The molecule has 1 heterocycles. The Morgan fingerprint density at radius 2 is 2.11 bits per heavy atom. The first-order chi connectivity index (χ1) is 8.72. The van der Waals surface area contributed by atoms with Gasteiger partial charge in [-0.2, -0.15) is 5.10 Å². The third kappa shape index (κ3) is 2.77. The van der Waals surface area contributed by atoms with Crippen molar-refractivity contribution < 1.29 is 0 Å². The predicted molar refractivity (Wildman–Crippen MR) is 79.4 cm³/mol. The maximum atomic E-state index is 5.66. The summed E-state index contributed by atoms with van der Waals surface area (Å²) in [5.41, 5.74) is 7.31. The van der Waals surface area contributed by atoms with E-state index >= 15 is 0 Å². The lowest BCUT2D eigenvalue weighted by atomic mass is 10.2. The van der Waals surface area contributed by atoms with Crippen molar-refractivity contribution in [3.63, 3.8) is 0 Å². The third-order valence-corrected chi connectivity index (χ3v) is 3.36. The van der Waals surface area contributed by atoms with Gasteiger partial charge >= 0.3 is 0 Å². The summed E-state index contributed by atoms with van der Waals surface area (Å²) in [6.07, 6.45) is 3.59. The molecule has 0 saturated heterocycles. The van der Waals surface area contributed by atoms with Crippen molar-refractivity contribution in [3.05, 3.63) is 42.1 Å². The molecular formula is C12H12N4S2.